The third-order valence-corrected chi connectivity index (χ3v) is 5.39. The molecule has 2 amide bonds. The first-order valence-electron chi connectivity index (χ1n) is 10.1. The smallest absolute Gasteiger partial charge is 0.263 e. The monoisotopic (exact) mass is 436 g/mol. The van der Waals surface area contributed by atoms with Crippen molar-refractivity contribution in [3.63, 3.8) is 0 Å². The summed E-state index contributed by atoms with van der Waals surface area (Å²) in [5.74, 6) is -0.901. The molecule has 1 aliphatic rings. The molecule has 2 aromatic heterocycles. The Morgan fingerprint density at radius 1 is 1.25 bits per heavy atom. The van der Waals surface area contributed by atoms with Gasteiger partial charge >= 0.3 is 0 Å². The second-order valence-electron chi connectivity index (χ2n) is 7.53. The summed E-state index contributed by atoms with van der Waals surface area (Å²) in [7, 11) is 0. The maximum Gasteiger partial charge on any atom is 0.263 e. The molecule has 10 heteroatoms. The van der Waals surface area contributed by atoms with E-state index in [1.165, 1.54) is 11.8 Å². The largest absolute Gasteiger partial charge is 0.380 e. The summed E-state index contributed by atoms with van der Waals surface area (Å²) in [5.41, 5.74) is 5.99. The van der Waals surface area contributed by atoms with Crippen molar-refractivity contribution in [1.82, 2.24) is 14.8 Å². The third kappa shape index (κ3) is 4.11. The number of amides is 2. The lowest BCUT2D eigenvalue weighted by Gasteiger charge is -2.40. The van der Waals surface area contributed by atoms with Crippen LogP contribution in [0.2, 0.25) is 0 Å². The fourth-order valence-corrected chi connectivity index (χ4v) is 3.48. The van der Waals surface area contributed by atoms with Crippen LogP contribution in [-0.4, -0.2) is 56.5 Å². The molecule has 4 rings (SSSR count). The van der Waals surface area contributed by atoms with Crippen molar-refractivity contribution in [2.75, 3.05) is 23.4 Å². The first-order valence-corrected chi connectivity index (χ1v) is 10.1. The molecule has 1 saturated heterocycles. The van der Waals surface area contributed by atoms with Gasteiger partial charge in [0, 0.05) is 36.9 Å². The molecular formula is C22H24N6O4. The number of benzene rings is 1. The molecule has 10 nitrogen and oxygen atoms in total. The number of nitrogens with zero attached hydrogens (tertiary/aromatic N) is 4. The van der Waals surface area contributed by atoms with Gasteiger partial charge in [0.15, 0.2) is 17.5 Å². The molecule has 2 atom stereocenters. The van der Waals surface area contributed by atoms with Crippen molar-refractivity contribution < 1.29 is 19.4 Å². The van der Waals surface area contributed by atoms with Gasteiger partial charge in [-0.1, -0.05) is 12.1 Å². The SMILES string of the molecule is C[C@]1([C@@H](O)C(=O)Nc2ccc(CN)cc2)OCCN(c2ccn(-c3ccncc3)n2)C1=O. The van der Waals surface area contributed by atoms with E-state index in [1.807, 2.05) is 0 Å². The summed E-state index contributed by atoms with van der Waals surface area (Å²) in [5, 5.41) is 17.8. The van der Waals surface area contributed by atoms with E-state index < -0.39 is 23.5 Å². The number of aliphatic hydroxyl groups is 1. The predicted octanol–water partition coefficient (Wildman–Crippen LogP) is 0.847. The van der Waals surface area contributed by atoms with Crippen LogP contribution >= 0.6 is 0 Å². The standard InChI is InChI=1S/C22H24N6O4/c1-22(19(29)20(30)25-16-4-2-15(14-23)3-5-16)21(31)27(12-13-32-22)18-8-11-28(26-18)17-6-9-24-10-7-17/h2-11,19,29H,12-14,23H2,1H3,(H,25,30)/t19-,22+/m0/s1. The Morgan fingerprint density at radius 3 is 2.66 bits per heavy atom. The van der Waals surface area contributed by atoms with Crippen molar-refractivity contribution in [1.29, 1.82) is 0 Å². The molecule has 32 heavy (non-hydrogen) atoms. The van der Waals surface area contributed by atoms with E-state index in [2.05, 4.69) is 15.4 Å². The van der Waals surface area contributed by atoms with Gasteiger partial charge in [-0.3, -0.25) is 19.5 Å². The predicted molar refractivity (Wildman–Crippen MR) is 117 cm³/mol. The number of aliphatic hydroxyl groups excluding tert-OH is 1. The number of nitrogens with two attached hydrogens (primary N) is 1. The number of ether oxygens (including phenoxy) is 1. The Bertz CT molecular complexity index is 1100. The number of hydrogen-bond donors (Lipinski definition) is 3. The van der Waals surface area contributed by atoms with Crippen molar-refractivity contribution >= 4 is 23.3 Å². The molecule has 1 aliphatic heterocycles. The van der Waals surface area contributed by atoms with Crippen LogP contribution in [0.3, 0.4) is 0 Å². The topological polar surface area (TPSA) is 136 Å². The van der Waals surface area contributed by atoms with Gasteiger partial charge in [-0.2, -0.15) is 0 Å². The molecule has 4 N–H and O–H groups in total. The molecular weight excluding hydrogens is 412 g/mol. The number of pyridine rings is 1. The minimum absolute atomic E-state index is 0.139. The van der Waals surface area contributed by atoms with Crippen LogP contribution < -0.4 is 16.0 Å². The van der Waals surface area contributed by atoms with Crippen LogP contribution in [0.15, 0.2) is 61.1 Å². The van der Waals surface area contributed by atoms with Gasteiger partial charge in [0.2, 0.25) is 0 Å². The Balaban J connectivity index is 1.50. The molecule has 0 radical (unpaired) electrons. The molecule has 1 fully saturated rings. The van der Waals surface area contributed by atoms with Gasteiger partial charge < -0.3 is 20.9 Å². The van der Waals surface area contributed by atoms with Crippen molar-refractivity contribution in [2.45, 2.75) is 25.2 Å². The number of nitrogens with one attached hydrogen (secondary N) is 1. The summed E-state index contributed by atoms with van der Waals surface area (Å²) in [6.07, 6.45) is 3.28. The van der Waals surface area contributed by atoms with Gasteiger partial charge in [0.05, 0.1) is 18.8 Å². The first kappa shape index (κ1) is 21.6. The molecule has 166 valence electrons. The summed E-state index contributed by atoms with van der Waals surface area (Å²) < 4.78 is 7.23. The zero-order chi connectivity index (χ0) is 22.7. The highest BCUT2D eigenvalue weighted by atomic mass is 16.5. The highest BCUT2D eigenvalue weighted by molar-refractivity contribution is 6.05. The van der Waals surface area contributed by atoms with Crippen LogP contribution in [0.5, 0.6) is 0 Å². The average molecular weight is 436 g/mol. The van der Waals surface area contributed by atoms with Crippen molar-refractivity contribution in [3.05, 3.63) is 66.6 Å². The van der Waals surface area contributed by atoms with E-state index >= 15 is 0 Å². The molecule has 3 aromatic rings. The molecule has 0 unspecified atom stereocenters. The summed E-state index contributed by atoms with van der Waals surface area (Å²) >= 11 is 0. The van der Waals surface area contributed by atoms with Gasteiger partial charge in [0.25, 0.3) is 11.8 Å². The third-order valence-electron chi connectivity index (χ3n) is 5.39. The number of anilines is 2. The fourth-order valence-electron chi connectivity index (χ4n) is 3.48. The molecule has 0 aliphatic carbocycles. The zero-order valence-electron chi connectivity index (χ0n) is 17.5. The van der Waals surface area contributed by atoms with E-state index in [0.717, 1.165) is 11.3 Å². The fraction of sp³-hybridized carbons (Fsp3) is 0.273. The Labute approximate surface area is 184 Å². The van der Waals surface area contributed by atoms with Crippen LogP contribution in [0.4, 0.5) is 11.5 Å². The van der Waals surface area contributed by atoms with Crippen LogP contribution in [-0.2, 0) is 20.9 Å². The van der Waals surface area contributed by atoms with Gasteiger partial charge in [-0.05, 0) is 36.8 Å². The second kappa shape index (κ2) is 8.87. The zero-order valence-corrected chi connectivity index (χ0v) is 17.5. The molecule has 1 aromatic carbocycles. The molecule has 0 spiro atoms. The van der Waals surface area contributed by atoms with Gasteiger partial charge in [-0.15, -0.1) is 5.10 Å². The summed E-state index contributed by atoms with van der Waals surface area (Å²) in [4.78, 5) is 31.3. The number of aromatic nitrogens is 3. The summed E-state index contributed by atoms with van der Waals surface area (Å²) in [6, 6.07) is 12.2. The van der Waals surface area contributed by atoms with Crippen LogP contribution in [0.1, 0.15) is 12.5 Å². The lowest BCUT2D eigenvalue weighted by atomic mass is 9.94. The van der Waals surface area contributed by atoms with Crippen LogP contribution in [0, 0.1) is 0 Å². The Morgan fingerprint density at radius 2 is 1.97 bits per heavy atom. The number of carbonyl (C=O) groups excluding carboxylic acids is 2. The Kier molecular flexibility index (Phi) is 5.99. The lowest BCUT2D eigenvalue weighted by Crippen LogP contribution is -2.63. The minimum Gasteiger partial charge on any atom is -0.380 e. The van der Waals surface area contributed by atoms with Gasteiger partial charge in [0.1, 0.15) is 0 Å². The van der Waals surface area contributed by atoms with Gasteiger partial charge in [-0.25, -0.2) is 4.68 Å². The van der Waals surface area contributed by atoms with Crippen molar-refractivity contribution in [2.24, 2.45) is 5.73 Å². The number of carbonyl (C=O) groups is 2. The second-order valence-corrected chi connectivity index (χ2v) is 7.53. The first-order chi connectivity index (χ1) is 15.4. The maximum absolute atomic E-state index is 13.3. The Hall–Kier alpha value is -3.60. The van der Waals surface area contributed by atoms with E-state index in [-0.39, 0.29) is 13.2 Å². The number of hydrogen-bond acceptors (Lipinski definition) is 7. The highest BCUT2D eigenvalue weighted by Crippen LogP contribution is 2.28. The highest BCUT2D eigenvalue weighted by Gasteiger charge is 2.51. The average Bonchev–Trinajstić information content (AvgIpc) is 3.31. The van der Waals surface area contributed by atoms with E-state index in [4.69, 9.17) is 10.5 Å². The molecule has 3 heterocycles. The van der Waals surface area contributed by atoms with Crippen molar-refractivity contribution in [3.8, 4) is 5.69 Å². The lowest BCUT2D eigenvalue weighted by molar-refractivity contribution is -0.170. The van der Waals surface area contributed by atoms with E-state index in [9.17, 15) is 14.7 Å². The summed E-state index contributed by atoms with van der Waals surface area (Å²) in [6.45, 7) is 2.17. The van der Waals surface area contributed by atoms with Crippen LogP contribution in [0.25, 0.3) is 5.69 Å². The number of morpholine rings is 1. The quantitative estimate of drug-likeness (QED) is 0.521. The molecule has 0 saturated carbocycles. The van der Waals surface area contributed by atoms with E-state index in [0.29, 0.717) is 18.1 Å². The van der Waals surface area contributed by atoms with E-state index in [1.54, 1.807) is 65.7 Å². The maximum atomic E-state index is 13.3. The normalized spacial score (nSPS) is 19.6. The number of rotatable bonds is 6. The molecule has 0 bridgehead atoms. The minimum atomic E-state index is -1.76.